The van der Waals surface area contributed by atoms with E-state index < -0.39 is 6.03 Å². The van der Waals surface area contributed by atoms with Crippen LogP contribution < -0.4 is 16.4 Å². The first-order valence-corrected chi connectivity index (χ1v) is 4.92. The summed E-state index contributed by atoms with van der Waals surface area (Å²) in [4.78, 5) is 14.3. The van der Waals surface area contributed by atoms with Crippen LogP contribution >= 0.6 is 0 Å². The molecule has 0 aliphatic heterocycles. The maximum Gasteiger partial charge on any atom is 0.312 e. The molecule has 0 fully saturated rings. The van der Waals surface area contributed by atoms with Crippen molar-refractivity contribution in [2.24, 2.45) is 5.73 Å². The minimum Gasteiger partial charge on any atom is -0.352 e. The molecule has 5 heteroatoms. The molecule has 0 aliphatic carbocycles. The average molecular weight is 208 g/mol. The van der Waals surface area contributed by atoms with Crippen molar-refractivity contribution < 1.29 is 4.79 Å². The number of primary amides is 1. The molecule has 1 aromatic rings. The van der Waals surface area contributed by atoms with Crippen molar-refractivity contribution in [1.29, 1.82) is 0 Å². The van der Waals surface area contributed by atoms with Crippen molar-refractivity contribution in [2.45, 2.75) is 6.42 Å². The van der Waals surface area contributed by atoms with Crippen LogP contribution in [0.25, 0.3) is 0 Å². The molecule has 0 atom stereocenters. The van der Waals surface area contributed by atoms with Crippen molar-refractivity contribution in [3.63, 3.8) is 0 Å². The van der Waals surface area contributed by atoms with E-state index >= 15 is 0 Å². The monoisotopic (exact) mass is 208 g/mol. The molecule has 0 saturated carbocycles. The number of aromatic nitrogens is 1. The summed E-state index contributed by atoms with van der Waals surface area (Å²) < 4.78 is 0. The summed E-state index contributed by atoms with van der Waals surface area (Å²) in [5, 5.41) is 5.71. The second-order valence-electron chi connectivity index (χ2n) is 3.15. The molecule has 0 aliphatic rings. The number of hydrogen-bond donors (Lipinski definition) is 3. The first-order valence-electron chi connectivity index (χ1n) is 4.92. The molecule has 0 bridgehead atoms. The van der Waals surface area contributed by atoms with Crippen LogP contribution in [0.15, 0.2) is 24.5 Å². The fourth-order valence-corrected chi connectivity index (χ4v) is 1.18. The Balaban J connectivity index is 2.00. The van der Waals surface area contributed by atoms with Gasteiger partial charge in [-0.05, 0) is 30.7 Å². The number of urea groups is 1. The summed E-state index contributed by atoms with van der Waals surface area (Å²) in [6.07, 6.45) is 4.52. The number of pyridine rings is 1. The number of carbonyl (C=O) groups excluding carboxylic acids is 1. The van der Waals surface area contributed by atoms with Gasteiger partial charge in [0.1, 0.15) is 0 Å². The van der Waals surface area contributed by atoms with Gasteiger partial charge < -0.3 is 16.4 Å². The molecule has 0 aromatic carbocycles. The van der Waals surface area contributed by atoms with E-state index in [0.717, 1.165) is 19.5 Å². The quantitative estimate of drug-likeness (QED) is 0.570. The molecule has 4 N–H and O–H groups in total. The van der Waals surface area contributed by atoms with Crippen molar-refractivity contribution in [3.05, 3.63) is 30.1 Å². The summed E-state index contributed by atoms with van der Waals surface area (Å²) in [6.45, 7) is 2.17. The maximum absolute atomic E-state index is 10.3. The Labute approximate surface area is 89.1 Å². The number of carbonyl (C=O) groups is 1. The second kappa shape index (κ2) is 6.78. The number of nitrogens with one attached hydrogen (secondary N) is 2. The Bertz CT molecular complexity index is 289. The standard InChI is InChI=1S/C10H16N4O/c11-10(15)14-8-7-13-6-3-9-1-4-12-5-2-9/h1-2,4-5,13H,3,6-8H2,(H3,11,14,15). The lowest BCUT2D eigenvalue weighted by Crippen LogP contribution is -2.35. The lowest BCUT2D eigenvalue weighted by Gasteiger charge is -2.04. The van der Waals surface area contributed by atoms with Gasteiger partial charge >= 0.3 is 6.03 Å². The number of amides is 2. The highest BCUT2D eigenvalue weighted by atomic mass is 16.2. The zero-order valence-electron chi connectivity index (χ0n) is 8.57. The van der Waals surface area contributed by atoms with E-state index in [9.17, 15) is 4.79 Å². The van der Waals surface area contributed by atoms with E-state index in [4.69, 9.17) is 5.73 Å². The third-order valence-corrected chi connectivity index (χ3v) is 1.94. The van der Waals surface area contributed by atoms with Gasteiger partial charge in [-0.3, -0.25) is 4.98 Å². The van der Waals surface area contributed by atoms with Gasteiger partial charge in [0.2, 0.25) is 0 Å². The van der Waals surface area contributed by atoms with Crippen molar-refractivity contribution in [3.8, 4) is 0 Å². The molecule has 1 heterocycles. The van der Waals surface area contributed by atoms with Crippen LogP contribution in [0.1, 0.15) is 5.56 Å². The van der Waals surface area contributed by atoms with Crippen LogP contribution in [0.2, 0.25) is 0 Å². The second-order valence-corrected chi connectivity index (χ2v) is 3.15. The number of rotatable bonds is 6. The Morgan fingerprint density at radius 2 is 2.00 bits per heavy atom. The number of hydrogen-bond acceptors (Lipinski definition) is 3. The summed E-state index contributed by atoms with van der Waals surface area (Å²) in [5.41, 5.74) is 6.16. The predicted octanol–water partition coefficient (Wildman–Crippen LogP) is -0.118. The van der Waals surface area contributed by atoms with Gasteiger partial charge in [0.25, 0.3) is 0 Å². The van der Waals surface area contributed by atoms with Crippen molar-refractivity contribution in [1.82, 2.24) is 15.6 Å². The summed E-state index contributed by atoms with van der Waals surface area (Å²) in [6, 6.07) is 3.50. The largest absolute Gasteiger partial charge is 0.352 e. The number of nitrogens with zero attached hydrogens (tertiary/aromatic N) is 1. The van der Waals surface area contributed by atoms with E-state index in [1.165, 1.54) is 5.56 Å². The highest BCUT2D eigenvalue weighted by Gasteiger charge is 1.92. The van der Waals surface area contributed by atoms with Crippen molar-refractivity contribution in [2.75, 3.05) is 19.6 Å². The Kier molecular flexibility index (Phi) is 5.18. The zero-order valence-corrected chi connectivity index (χ0v) is 8.57. The highest BCUT2D eigenvalue weighted by molar-refractivity contribution is 5.71. The lowest BCUT2D eigenvalue weighted by atomic mass is 10.2. The van der Waals surface area contributed by atoms with E-state index in [1.54, 1.807) is 12.4 Å². The van der Waals surface area contributed by atoms with Gasteiger partial charge in [-0.2, -0.15) is 0 Å². The van der Waals surface area contributed by atoms with E-state index in [0.29, 0.717) is 6.54 Å². The molecule has 15 heavy (non-hydrogen) atoms. The third kappa shape index (κ3) is 5.64. The zero-order chi connectivity index (χ0) is 10.9. The van der Waals surface area contributed by atoms with Crippen LogP contribution in [0.5, 0.6) is 0 Å². The minimum atomic E-state index is -0.481. The van der Waals surface area contributed by atoms with Gasteiger partial charge in [0.05, 0.1) is 0 Å². The summed E-state index contributed by atoms with van der Waals surface area (Å²) in [5.74, 6) is 0. The minimum absolute atomic E-state index is 0.481. The summed E-state index contributed by atoms with van der Waals surface area (Å²) >= 11 is 0. The Morgan fingerprint density at radius 3 is 2.67 bits per heavy atom. The summed E-state index contributed by atoms with van der Waals surface area (Å²) in [7, 11) is 0. The third-order valence-electron chi connectivity index (χ3n) is 1.94. The molecule has 1 aromatic heterocycles. The normalized spacial score (nSPS) is 9.87. The molecule has 0 unspecified atom stereocenters. The molecule has 1 rings (SSSR count). The van der Waals surface area contributed by atoms with Crippen LogP contribution in [0.4, 0.5) is 4.79 Å². The van der Waals surface area contributed by atoms with E-state index in [-0.39, 0.29) is 0 Å². The van der Waals surface area contributed by atoms with Crippen LogP contribution in [0, 0.1) is 0 Å². The Morgan fingerprint density at radius 1 is 1.27 bits per heavy atom. The molecule has 2 amide bonds. The molecule has 0 spiro atoms. The van der Waals surface area contributed by atoms with Crippen molar-refractivity contribution >= 4 is 6.03 Å². The predicted molar refractivity (Wildman–Crippen MR) is 58.4 cm³/mol. The SMILES string of the molecule is NC(=O)NCCNCCc1ccncc1. The van der Waals surface area contributed by atoms with Crippen LogP contribution in [-0.4, -0.2) is 30.6 Å². The number of nitrogens with two attached hydrogens (primary N) is 1. The molecule has 5 nitrogen and oxygen atoms in total. The first kappa shape index (κ1) is 11.5. The van der Waals surface area contributed by atoms with Gasteiger partial charge in [-0.25, -0.2) is 4.79 Å². The fraction of sp³-hybridized carbons (Fsp3) is 0.400. The highest BCUT2D eigenvalue weighted by Crippen LogP contribution is 1.95. The van der Waals surface area contributed by atoms with Crippen LogP contribution in [0.3, 0.4) is 0 Å². The first-order chi connectivity index (χ1) is 7.29. The molecule has 82 valence electrons. The van der Waals surface area contributed by atoms with E-state index in [2.05, 4.69) is 15.6 Å². The molecule has 0 saturated heterocycles. The smallest absolute Gasteiger partial charge is 0.312 e. The van der Waals surface area contributed by atoms with Gasteiger partial charge in [0.15, 0.2) is 0 Å². The lowest BCUT2D eigenvalue weighted by molar-refractivity contribution is 0.249. The molecular formula is C10H16N4O. The average Bonchev–Trinajstić information content (AvgIpc) is 2.24. The van der Waals surface area contributed by atoms with Gasteiger partial charge in [-0.1, -0.05) is 0 Å². The fourth-order valence-electron chi connectivity index (χ4n) is 1.18. The van der Waals surface area contributed by atoms with Crippen LogP contribution in [-0.2, 0) is 6.42 Å². The molecule has 0 radical (unpaired) electrons. The maximum atomic E-state index is 10.3. The Hall–Kier alpha value is -1.62. The van der Waals surface area contributed by atoms with Gasteiger partial charge in [-0.15, -0.1) is 0 Å². The molecular weight excluding hydrogens is 192 g/mol. The topological polar surface area (TPSA) is 80.0 Å². The van der Waals surface area contributed by atoms with Gasteiger partial charge in [0, 0.05) is 25.5 Å². The van der Waals surface area contributed by atoms with E-state index in [1.807, 2.05) is 12.1 Å².